The number of aliphatic hydroxyl groups is 1. The summed E-state index contributed by atoms with van der Waals surface area (Å²) in [4.78, 5) is 0. The number of rotatable bonds is 6. The van der Waals surface area contributed by atoms with E-state index in [0.717, 1.165) is 29.2 Å². The molecular formula is C15H20ClN3O. The molecule has 0 bridgehead atoms. The molecule has 1 N–H and O–H groups in total. The van der Waals surface area contributed by atoms with E-state index >= 15 is 0 Å². The molecule has 108 valence electrons. The lowest BCUT2D eigenvalue weighted by Crippen LogP contribution is -2.09. The largest absolute Gasteiger partial charge is 0.390 e. The van der Waals surface area contributed by atoms with Crippen LogP contribution in [0.15, 0.2) is 24.3 Å². The molecule has 2 rings (SSSR count). The van der Waals surface area contributed by atoms with Crippen LogP contribution in [0, 0.1) is 5.92 Å². The predicted molar refractivity (Wildman–Crippen MR) is 79.7 cm³/mol. The second-order valence-electron chi connectivity index (χ2n) is 5.35. The van der Waals surface area contributed by atoms with Crippen LogP contribution in [0.2, 0.25) is 5.02 Å². The van der Waals surface area contributed by atoms with E-state index in [-0.39, 0.29) is 6.61 Å². The van der Waals surface area contributed by atoms with Crippen molar-refractivity contribution in [1.29, 1.82) is 0 Å². The molecule has 20 heavy (non-hydrogen) atoms. The first-order chi connectivity index (χ1) is 9.60. The summed E-state index contributed by atoms with van der Waals surface area (Å²) in [5.41, 5.74) is 2.77. The number of aromatic nitrogens is 3. The van der Waals surface area contributed by atoms with Crippen LogP contribution in [0.25, 0.3) is 0 Å². The van der Waals surface area contributed by atoms with Gasteiger partial charge in [-0.1, -0.05) is 42.8 Å². The highest BCUT2D eigenvalue weighted by molar-refractivity contribution is 6.30. The quantitative estimate of drug-likeness (QED) is 0.890. The number of aryl methyl sites for hydroxylation is 1. The first kappa shape index (κ1) is 15.0. The average Bonchev–Trinajstić information content (AvgIpc) is 2.81. The molecule has 0 aliphatic carbocycles. The molecule has 0 saturated heterocycles. The van der Waals surface area contributed by atoms with E-state index in [1.54, 1.807) is 0 Å². The van der Waals surface area contributed by atoms with Gasteiger partial charge in [0.15, 0.2) is 0 Å². The summed E-state index contributed by atoms with van der Waals surface area (Å²) in [6, 6.07) is 7.72. The van der Waals surface area contributed by atoms with Crippen LogP contribution in [0.3, 0.4) is 0 Å². The van der Waals surface area contributed by atoms with E-state index in [4.69, 9.17) is 11.6 Å². The summed E-state index contributed by atoms with van der Waals surface area (Å²) in [6.45, 7) is 5.11. The lowest BCUT2D eigenvalue weighted by atomic mass is 10.1. The Bertz CT molecular complexity index is 549. The van der Waals surface area contributed by atoms with Crippen molar-refractivity contribution in [2.75, 3.05) is 0 Å². The van der Waals surface area contributed by atoms with E-state index in [0.29, 0.717) is 18.0 Å². The van der Waals surface area contributed by atoms with Crippen molar-refractivity contribution in [2.45, 2.75) is 39.8 Å². The lowest BCUT2D eigenvalue weighted by molar-refractivity contribution is 0.275. The molecule has 0 spiro atoms. The third kappa shape index (κ3) is 3.81. The molecule has 0 amide bonds. The monoisotopic (exact) mass is 293 g/mol. The highest BCUT2D eigenvalue weighted by Crippen LogP contribution is 2.16. The smallest absolute Gasteiger partial charge is 0.112 e. The maximum absolute atomic E-state index is 9.39. The van der Waals surface area contributed by atoms with Crippen LogP contribution < -0.4 is 0 Å². The van der Waals surface area contributed by atoms with Gasteiger partial charge in [-0.2, -0.15) is 0 Å². The van der Waals surface area contributed by atoms with Crippen LogP contribution in [0.5, 0.6) is 0 Å². The number of halogens is 1. The Labute approximate surface area is 124 Å². The summed E-state index contributed by atoms with van der Waals surface area (Å²) in [5, 5.41) is 18.3. The van der Waals surface area contributed by atoms with Gasteiger partial charge in [-0.25, -0.2) is 4.68 Å². The van der Waals surface area contributed by atoms with Crippen molar-refractivity contribution in [3.05, 3.63) is 46.2 Å². The Hall–Kier alpha value is -1.39. The van der Waals surface area contributed by atoms with Crippen LogP contribution in [-0.2, 0) is 19.6 Å². The maximum atomic E-state index is 9.39. The van der Waals surface area contributed by atoms with E-state index in [1.807, 2.05) is 28.9 Å². The molecule has 0 radical (unpaired) electrons. The van der Waals surface area contributed by atoms with Crippen LogP contribution in [0.1, 0.15) is 37.2 Å². The molecular weight excluding hydrogens is 274 g/mol. The fourth-order valence-corrected chi connectivity index (χ4v) is 2.17. The first-order valence-electron chi connectivity index (χ1n) is 6.86. The third-order valence-corrected chi connectivity index (χ3v) is 3.52. The van der Waals surface area contributed by atoms with Gasteiger partial charge in [0.25, 0.3) is 0 Å². The minimum absolute atomic E-state index is 0.0788. The Kier molecular flexibility index (Phi) is 5.15. The minimum atomic E-state index is -0.0788. The van der Waals surface area contributed by atoms with Crippen molar-refractivity contribution in [3.63, 3.8) is 0 Å². The Balaban J connectivity index is 2.19. The van der Waals surface area contributed by atoms with Gasteiger partial charge in [0, 0.05) is 18.0 Å². The number of aliphatic hydroxyl groups excluding tert-OH is 1. The van der Waals surface area contributed by atoms with E-state index in [9.17, 15) is 5.11 Å². The number of nitrogens with zero attached hydrogens (tertiary/aromatic N) is 3. The zero-order chi connectivity index (χ0) is 14.5. The van der Waals surface area contributed by atoms with Gasteiger partial charge in [0.1, 0.15) is 5.69 Å². The van der Waals surface area contributed by atoms with E-state index in [1.165, 1.54) is 0 Å². The van der Waals surface area contributed by atoms with Crippen molar-refractivity contribution in [1.82, 2.24) is 15.0 Å². The molecule has 1 aromatic heterocycles. The Morgan fingerprint density at radius 1 is 1.25 bits per heavy atom. The molecule has 0 unspecified atom stereocenters. The van der Waals surface area contributed by atoms with Crippen LogP contribution >= 0.6 is 11.6 Å². The molecule has 1 heterocycles. The topological polar surface area (TPSA) is 50.9 Å². The van der Waals surface area contributed by atoms with Gasteiger partial charge in [-0.3, -0.25) is 0 Å². The average molecular weight is 294 g/mol. The molecule has 0 atom stereocenters. The molecule has 1 aromatic carbocycles. The Morgan fingerprint density at radius 3 is 2.55 bits per heavy atom. The molecule has 4 nitrogen and oxygen atoms in total. The molecule has 2 aromatic rings. The number of hydrogen-bond acceptors (Lipinski definition) is 3. The standard InChI is InChI=1S/C15H20ClN3O/c1-11(2)7-8-19-15(14(10-20)17-18-19)9-12-3-5-13(16)6-4-12/h3-6,11,20H,7-10H2,1-2H3. The zero-order valence-electron chi connectivity index (χ0n) is 11.9. The fraction of sp³-hybridized carbons (Fsp3) is 0.467. The summed E-state index contributed by atoms with van der Waals surface area (Å²) < 4.78 is 1.90. The summed E-state index contributed by atoms with van der Waals surface area (Å²) in [5.74, 6) is 0.611. The summed E-state index contributed by atoms with van der Waals surface area (Å²) in [6.07, 6.45) is 1.75. The van der Waals surface area contributed by atoms with E-state index in [2.05, 4.69) is 24.2 Å². The van der Waals surface area contributed by atoms with Gasteiger partial charge >= 0.3 is 0 Å². The zero-order valence-corrected chi connectivity index (χ0v) is 12.6. The number of benzene rings is 1. The maximum Gasteiger partial charge on any atom is 0.112 e. The van der Waals surface area contributed by atoms with E-state index < -0.39 is 0 Å². The summed E-state index contributed by atoms with van der Waals surface area (Å²) >= 11 is 5.90. The van der Waals surface area contributed by atoms with Crippen LogP contribution in [-0.4, -0.2) is 20.1 Å². The van der Waals surface area contributed by atoms with Crippen molar-refractivity contribution < 1.29 is 5.11 Å². The van der Waals surface area contributed by atoms with Gasteiger partial charge < -0.3 is 5.11 Å². The Morgan fingerprint density at radius 2 is 1.95 bits per heavy atom. The SMILES string of the molecule is CC(C)CCn1nnc(CO)c1Cc1ccc(Cl)cc1. The molecule has 0 fully saturated rings. The fourth-order valence-electron chi connectivity index (χ4n) is 2.04. The van der Waals surface area contributed by atoms with Crippen molar-refractivity contribution in [2.24, 2.45) is 5.92 Å². The second kappa shape index (κ2) is 6.86. The van der Waals surface area contributed by atoms with Crippen LogP contribution in [0.4, 0.5) is 0 Å². The van der Waals surface area contributed by atoms with Crippen molar-refractivity contribution in [3.8, 4) is 0 Å². The van der Waals surface area contributed by atoms with Gasteiger partial charge in [-0.05, 0) is 30.0 Å². The molecule has 5 heteroatoms. The second-order valence-corrected chi connectivity index (χ2v) is 5.79. The normalized spacial score (nSPS) is 11.2. The van der Waals surface area contributed by atoms with Gasteiger partial charge in [0.05, 0.1) is 12.3 Å². The molecule has 0 aliphatic rings. The highest BCUT2D eigenvalue weighted by Gasteiger charge is 2.13. The molecule has 0 aliphatic heterocycles. The van der Waals surface area contributed by atoms with Gasteiger partial charge in [0.2, 0.25) is 0 Å². The highest BCUT2D eigenvalue weighted by atomic mass is 35.5. The lowest BCUT2D eigenvalue weighted by Gasteiger charge is -2.09. The number of hydrogen-bond donors (Lipinski definition) is 1. The molecule has 0 saturated carbocycles. The third-order valence-electron chi connectivity index (χ3n) is 3.27. The summed E-state index contributed by atoms with van der Waals surface area (Å²) in [7, 11) is 0. The first-order valence-corrected chi connectivity index (χ1v) is 7.24. The predicted octanol–water partition coefficient (Wildman–Crippen LogP) is 3.06. The van der Waals surface area contributed by atoms with Crippen molar-refractivity contribution >= 4 is 11.6 Å². The van der Waals surface area contributed by atoms with Gasteiger partial charge in [-0.15, -0.1) is 5.10 Å². The minimum Gasteiger partial charge on any atom is -0.390 e.